The lowest BCUT2D eigenvalue weighted by atomic mass is 9.92. The van der Waals surface area contributed by atoms with Gasteiger partial charge in [-0.3, -0.25) is 0 Å². The summed E-state index contributed by atoms with van der Waals surface area (Å²) >= 11 is 0. The van der Waals surface area contributed by atoms with Gasteiger partial charge in [-0.1, -0.05) is 69.3 Å². The minimum absolute atomic E-state index is 0.339. The molecule has 0 saturated carbocycles. The van der Waals surface area contributed by atoms with Crippen LogP contribution in [0.15, 0.2) is 54.6 Å². The molecule has 0 radical (unpaired) electrons. The van der Waals surface area contributed by atoms with E-state index in [9.17, 15) is 0 Å². The topological polar surface area (TPSA) is 12.5 Å². The van der Waals surface area contributed by atoms with Crippen LogP contribution in [0.5, 0.6) is 5.75 Å². The summed E-state index contributed by atoms with van der Waals surface area (Å²) in [7, 11) is 0. The van der Waals surface area contributed by atoms with Crippen molar-refractivity contribution in [3.63, 3.8) is 0 Å². The van der Waals surface area contributed by atoms with Gasteiger partial charge in [0.25, 0.3) is 0 Å². The number of benzene rings is 2. The van der Waals surface area contributed by atoms with E-state index in [4.69, 9.17) is 4.74 Å². The fourth-order valence-electron chi connectivity index (χ4n) is 2.72. The highest BCUT2D eigenvalue weighted by Crippen LogP contribution is 2.31. The van der Waals surface area contributed by atoms with E-state index in [1.54, 1.807) is 0 Å². The monoisotopic (exact) mass is 297 g/mol. The van der Waals surface area contributed by atoms with Gasteiger partial charge >= 0.3 is 0 Å². The van der Waals surface area contributed by atoms with Gasteiger partial charge in [0.2, 0.25) is 0 Å². The van der Waals surface area contributed by atoms with E-state index in [0.29, 0.717) is 5.92 Å². The first-order chi connectivity index (χ1) is 10.8. The third-order valence-corrected chi connectivity index (χ3v) is 4.24. The van der Waals surface area contributed by atoms with E-state index in [-0.39, 0.29) is 0 Å². The molecule has 2 heteroatoms. The summed E-state index contributed by atoms with van der Waals surface area (Å²) in [5.74, 6) is 1.34. The second-order valence-corrected chi connectivity index (χ2v) is 5.55. The first-order valence-corrected chi connectivity index (χ1v) is 8.25. The van der Waals surface area contributed by atoms with Gasteiger partial charge in [0.1, 0.15) is 12.4 Å². The van der Waals surface area contributed by atoms with Crippen molar-refractivity contribution < 1.29 is 4.74 Å². The Bertz CT molecular complexity index is 549. The molecule has 22 heavy (non-hydrogen) atoms. The quantitative estimate of drug-likeness (QED) is 0.708. The van der Waals surface area contributed by atoms with Crippen molar-refractivity contribution in [3.05, 3.63) is 65.7 Å². The molecule has 0 aliphatic heterocycles. The molecule has 2 nitrogen and oxygen atoms in total. The molecule has 0 saturated heterocycles. The number of hydrogen-bond acceptors (Lipinski definition) is 2. The smallest absolute Gasteiger partial charge is 0.123 e. The fourth-order valence-corrected chi connectivity index (χ4v) is 2.72. The van der Waals surface area contributed by atoms with Gasteiger partial charge < -0.3 is 9.64 Å². The van der Waals surface area contributed by atoms with Gasteiger partial charge in [-0.05, 0) is 24.7 Å². The van der Waals surface area contributed by atoms with E-state index in [1.165, 1.54) is 11.1 Å². The van der Waals surface area contributed by atoms with Gasteiger partial charge in [0.15, 0.2) is 0 Å². The van der Waals surface area contributed by atoms with Gasteiger partial charge in [-0.2, -0.15) is 0 Å². The summed E-state index contributed by atoms with van der Waals surface area (Å²) in [6, 6.07) is 19.0. The molecule has 118 valence electrons. The summed E-state index contributed by atoms with van der Waals surface area (Å²) in [6.07, 6.45) is 0. The third-order valence-electron chi connectivity index (χ3n) is 4.24. The maximum absolute atomic E-state index is 6.07. The van der Waals surface area contributed by atoms with Gasteiger partial charge in [-0.25, -0.2) is 0 Å². The number of likely N-dealkylation sites (N-methyl/N-ethyl adjacent to an activating group) is 1. The summed E-state index contributed by atoms with van der Waals surface area (Å²) < 4.78 is 6.07. The maximum Gasteiger partial charge on any atom is 0.123 e. The van der Waals surface area contributed by atoms with Crippen molar-refractivity contribution in [1.82, 2.24) is 4.90 Å². The highest BCUT2D eigenvalue weighted by Gasteiger charge is 2.13. The lowest BCUT2D eigenvalue weighted by Crippen LogP contribution is -2.28. The minimum atomic E-state index is 0.339. The van der Waals surface area contributed by atoms with Crippen LogP contribution >= 0.6 is 0 Å². The number of rotatable bonds is 8. The molecular weight excluding hydrogens is 270 g/mol. The van der Waals surface area contributed by atoms with Gasteiger partial charge in [0.05, 0.1) is 0 Å². The van der Waals surface area contributed by atoms with Crippen LogP contribution in [0.25, 0.3) is 0 Å². The van der Waals surface area contributed by atoms with Crippen molar-refractivity contribution in [2.45, 2.75) is 26.7 Å². The molecule has 0 bridgehead atoms. The zero-order valence-electron chi connectivity index (χ0n) is 14.0. The van der Waals surface area contributed by atoms with Crippen LogP contribution in [0.2, 0.25) is 0 Å². The Hall–Kier alpha value is -1.80. The van der Waals surface area contributed by atoms with E-state index >= 15 is 0 Å². The summed E-state index contributed by atoms with van der Waals surface area (Å²) in [5, 5.41) is 0. The molecule has 2 rings (SSSR count). The molecule has 0 N–H and O–H groups in total. The lowest BCUT2D eigenvalue weighted by molar-refractivity contribution is 0.221. The molecule has 0 heterocycles. The highest BCUT2D eigenvalue weighted by molar-refractivity contribution is 5.41. The zero-order valence-corrected chi connectivity index (χ0v) is 14.0. The predicted octanol–water partition coefficient (Wildman–Crippen LogP) is 4.56. The lowest BCUT2D eigenvalue weighted by Gasteiger charge is -2.20. The molecule has 1 atom stereocenters. The Morgan fingerprint density at radius 2 is 1.55 bits per heavy atom. The van der Waals surface area contributed by atoms with Crippen LogP contribution in [-0.4, -0.2) is 31.1 Å². The van der Waals surface area contributed by atoms with E-state index < -0.39 is 0 Å². The van der Waals surface area contributed by atoms with Crippen molar-refractivity contribution in [1.29, 1.82) is 0 Å². The summed E-state index contributed by atoms with van der Waals surface area (Å²) in [6.45, 7) is 10.5. The normalized spacial score (nSPS) is 12.4. The van der Waals surface area contributed by atoms with Crippen molar-refractivity contribution >= 4 is 0 Å². The molecular formula is C20H27NO. The predicted molar refractivity (Wildman–Crippen MR) is 93.7 cm³/mol. The Balaban J connectivity index is 2.07. The molecule has 0 spiro atoms. The molecule has 0 aliphatic rings. The Morgan fingerprint density at radius 1 is 0.909 bits per heavy atom. The molecule has 0 amide bonds. The van der Waals surface area contributed by atoms with Crippen LogP contribution in [0.1, 0.15) is 37.8 Å². The fraction of sp³-hybridized carbons (Fsp3) is 0.400. The highest BCUT2D eigenvalue weighted by atomic mass is 16.5. The molecule has 0 fully saturated rings. The van der Waals surface area contributed by atoms with E-state index in [1.807, 2.05) is 6.07 Å². The Labute approximate surface area is 134 Å². The molecule has 1 unspecified atom stereocenters. The standard InChI is InChI=1S/C20H27NO/c1-4-21(5-2)15-16-22-20-14-10-9-13-19(20)17(3)18-11-7-6-8-12-18/h6-14,17H,4-5,15-16H2,1-3H3. The number of para-hydroxylation sites is 1. The van der Waals surface area contributed by atoms with Crippen LogP contribution < -0.4 is 4.74 Å². The summed E-state index contributed by atoms with van der Waals surface area (Å²) in [4.78, 5) is 2.38. The van der Waals surface area contributed by atoms with Gasteiger partial charge in [-0.15, -0.1) is 0 Å². The second-order valence-electron chi connectivity index (χ2n) is 5.55. The first kappa shape index (κ1) is 16.6. The third kappa shape index (κ3) is 4.35. The molecule has 2 aromatic carbocycles. The number of ether oxygens (including phenoxy) is 1. The second kappa shape index (κ2) is 8.60. The molecule has 2 aromatic rings. The molecule has 0 aliphatic carbocycles. The SMILES string of the molecule is CCN(CC)CCOc1ccccc1C(C)c1ccccc1. The van der Waals surface area contributed by atoms with Crippen LogP contribution in [0.3, 0.4) is 0 Å². The molecule has 0 aromatic heterocycles. The van der Waals surface area contributed by atoms with Crippen LogP contribution in [0, 0.1) is 0 Å². The minimum Gasteiger partial charge on any atom is -0.492 e. The first-order valence-electron chi connectivity index (χ1n) is 8.25. The number of nitrogens with zero attached hydrogens (tertiary/aromatic N) is 1. The van der Waals surface area contributed by atoms with E-state index in [2.05, 4.69) is 74.2 Å². The average Bonchev–Trinajstić information content (AvgIpc) is 2.59. The van der Waals surface area contributed by atoms with Crippen molar-refractivity contribution in [2.75, 3.05) is 26.2 Å². The van der Waals surface area contributed by atoms with Gasteiger partial charge in [0, 0.05) is 18.0 Å². The van der Waals surface area contributed by atoms with Crippen molar-refractivity contribution in [2.24, 2.45) is 0 Å². The zero-order chi connectivity index (χ0) is 15.8. The average molecular weight is 297 g/mol. The van der Waals surface area contributed by atoms with Crippen LogP contribution in [0.4, 0.5) is 0 Å². The van der Waals surface area contributed by atoms with E-state index in [0.717, 1.165) is 32.0 Å². The maximum atomic E-state index is 6.07. The van der Waals surface area contributed by atoms with Crippen LogP contribution in [-0.2, 0) is 0 Å². The largest absolute Gasteiger partial charge is 0.492 e. The Morgan fingerprint density at radius 3 is 2.23 bits per heavy atom. The van der Waals surface area contributed by atoms with Crippen molar-refractivity contribution in [3.8, 4) is 5.75 Å². The summed E-state index contributed by atoms with van der Waals surface area (Å²) in [5.41, 5.74) is 2.58. The number of hydrogen-bond donors (Lipinski definition) is 0. The Kier molecular flexibility index (Phi) is 6.47.